The summed E-state index contributed by atoms with van der Waals surface area (Å²) in [6, 6.07) is 8.91. The van der Waals surface area contributed by atoms with E-state index in [1.54, 1.807) is 45.0 Å². The van der Waals surface area contributed by atoms with Crippen molar-refractivity contribution in [3.8, 4) is 0 Å². The number of carbonyl (C=O) groups excluding carboxylic acids is 1. The zero-order valence-electron chi connectivity index (χ0n) is 9.74. The van der Waals surface area contributed by atoms with E-state index >= 15 is 0 Å². The molecular formula is C12H16FNO2. The van der Waals surface area contributed by atoms with E-state index in [1.807, 2.05) is 6.07 Å². The van der Waals surface area contributed by atoms with Gasteiger partial charge in [0, 0.05) is 0 Å². The van der Waals surface area contributed by atoms with Gasteiger partial charge in [-0.25, -0.2) is 4.79 Å². The second-order valence-corrected chi connectivity index (χ2v) is 4.49. The lowest BCUT2D eigenvalue weighted by Crippen LogP contribution is -2.31. The number of hydrogen-bond acceptors (Lipinski definition) is 2. The first-order valence-corrected chi connectivity index (χ1v) is 5.09. The molecule has 0 saturated heterocycles. The van der Waals surface area contributed by atoms with E-state index in [-0.39, 0.29) is 11.7 Å². The van der Waals surface area contributed by atoms with Crippen LogP contribution < -0.4 is 0 Å². The monoisotopic (exact) mass is 225 g/mol. The number of hydrogen-bond donors (Lipinski definition) is 0. The molecule has 1 aromatic carbocycles. The third kappa shape index (κ3) is 4.29. The largest absolute Gasteiger partial charge is 0.442 e. The Bertz CT molecular complexity index is 346. The van der Waals surface area contributed by atoms with Gasteiger partial charge in [-0.05, 0) is 26.3 Å². The van der Waals surface area contributed by atoms with E-state index in [0.717, 1.165) is 5.56 Å². The molecule has 0 aromatic heterocycles. The van der Waals surface area contributed by atoms with Crippen LogP contribution in [0.2, 0.25) is 0 Å². The number of rotatable bonds is 2. The van der Waals surface area contributed by atoms with Gasteiger partial charge < -0.3 is 4.74 Å². The molecule has 0 aliphatic heterocycles. The third-order valence-corrected chi connectivity index (χ3v) is 1.76. The summed E-state index contributed by atoms with van der Waals surface area (Å²) in [5, 5.41) is 0.0700. The predicted molar refractivity (Wildman–Crippen MR) is 59.3 cm³/mol. The first-order valence-electron chi connectivity index (χ1n) is 5.09. The number of amides is 1. The molecule has 0 atom stereocenters. The highest BCUT2D eigenvalue weighted by molar-refractivity contribution is 5.66. The highest BCUT2D eigenvalue weighted by Gasteiger charge is 2.22. The van der Waals surface area contributed by atoms with Crippen molar-refractivity contribution in [2.24, 2.45) is 0 Å². The highest BCUT2D eigenvalue weighted by Crippen LogP contribution is 2.12. The maximum atomic E-state index is 13.4. The molecule has 1 amide bonds. The molecule has 3 nitrogen and oxygen atoms in total. The molecule has 0 heterocycles. The lowest BCUT2D eigenvalue weighted by molar-refractivity contribution is -0.0350. The molecule has 4 heteroatoms. The van der Waals surface area contributed by atoms with Gasteiger partial charge in [0.25, 0.3) is 0 Å². The van der Waals surface area contributed by atoms with Crippen LogP contribution in [0.15, 0.2) is 30.3 Å². The van der Waals surface area contributed by atoms with E-state index in [4.69, 9.17) is 4.74 Å². The Balaban J connectivity index is 2.53. The third-order valence-electron chi connectivity index (χ3n) is 1.76. The molecule has 0 spiro atoms. The topological polar surface area (TPSA) is 29.5 Å². The average Bonchev–Trinajstić information content (AvgIpc) is 2.16. The minimum atomic E-state index is -0.962. The zero-order chi connectivity index (χ0) is 12.2. The molecule has 1 aromatic rings. The molecule has 0 aliphatic rings. The minimum absolute atomic E-state index is 0.0700. The zero-order valence-corrected chi connectivity index (χ0v) is 9.74. The van der Waals surface area contributed by atoms with Crippen molar-refractivity contribution in [1.29, 1.82) is 0 Å². The molecule has 1 rings (SSSR count). The first-order chi connectivity index (χ1) is 7.38. The Morgan fingerprint density at radius 2 is 1.88 bits per heavy atom. The molecule has 0 radical (unpaired) electrons. The molecule has 0 fully saturated rings. The summed E-state index contributed by atoms with van der Waals surface area (Å²) in [4.78, 5) is 11.3. The molecule has 0 N–H and O–H groups in total. The standard InChI is InChI=1S/C12H16FNO2/c1-12(2,3)16-11(15)14(13)9-10-7-5-4-6-8-10/h4-8H,9H2,1-3H3. The van der Waals surface area contributed by atoms with Gasteiger partial charge >= 0.3 is 6.09 Å². The molecule has 0 aliphatic carbocycles. The average molecular weight is 225 g/mol. The number of ether oxygens (including phenoxy) is 1. The van der Waals surface area contributed by atoms with Gasteiger partial charge in [-0.3, -0.25) is 0 Å². The van der Waals surface area contributed by atoms with Gasteiger partial charge in [-0.15, -0.1) is 5.12 Å². The normalized spacial score (nSPS) is 11.0. The fourth-order valence-electron chi connectivity index (χ4n) is 1.12. The lowest BCUT2D eigenvalue weighted by Gasteiger charge is -2.21. The van der Waals surface area contributed by atoms with Crippen molar-refractivity contribution >= 4 is 6.09 Å². The van der Waals surface area contributed by atoms with Gasteiger partial charge in [0.05, 0.1) is 6.54 Å². The van der Waals surface area contributed by atoms with Crippen molar-refractivity contribution in [3.05, 3.63) is 35.9 Å². The Labute approximate surface area is 94.8 Å². The summed E-state index contributed by atoms with van der Waals surface area (Å²) in [5.74, 6) is 0. The molecule has 0 unspecified atom stereocenters. The van der Waals surface area contributed by atoms with Crippen LogP contribution in [0.25, 0.3) is 0 Å². The van der Waals surface area contributed by atoms with Gasteiger partial charge in [0.15, 0.2) is 0 Å². The van der Waals surface area contributed by atoms with Crippen LogP contribution in [0.1, 0.15) is 26.3 Å². The Hall–Kier alpha value is -1.58. The first kappa shape index (κ1) is 12.5. The summed E-state index contributed by atoms with van der Waals surface area (Å²) in [7, 11) is 0. The van der Waals surface area contributed by atoms with Crippen LogP contribution in [0.4, 0.5) is 9.28 Å². The second-order valence-electron chi connectivity index (χ2n) is 4.49. The van der Waals surface area contributed by atoms with Gasteiger partial charge in [-0.2, -0.15) is 0 Å². The fraction of sp³-hybridized carbons (Fsp3) is 0.417. The van der Waals surface area contributed by atoms with E-state index in [1.165, 1.54) is 0 Å². The Morgan fingerprint density at radius 1 is 1.31 bits per heavy atom. The molecular weight excluding hydrogens is 209 g/mol. The molecule has 88 valence electrons. The van der Waals surface area contributed by atoms with Crippen molar-refractivity contribution in [3.63, 3.8) is 0 Å². The summed E-state index contributed by atoms with van der Waals surface area (Å²) in [5.41, 5.74) is 0.0360. The predicted octanol–water partition coefficient (Wildman–Crippen LogP) is 3.31. The van der Waals surface area contributed by atoms with Crippen LogP contribution in [-0.4, -0.2) is 16.8 Å². The Morgan fingerprint density at radius 3 is 2.38 bits per heavy atom. The van der Waals surface area contributed by atoms with E-state index in [2.05, 4.69) is 0 Å². The lowest BCUT2D eigenvalue weighted by atomic mass is 10.2. The maximum absolute atomic E-state index is 13.4. The van der Waals surface area contributed by atoms with Crippen molar-refractivity contribution in [1.82, 2.24) is 5.12 Å². The number of benzene rings is 1. The summed E-state index contributed by atoms with van der Waals surface area (Å²) in [6.45, 7) is 4.99. The van der Waals surface area contributed by atoms with E-state index in [0.29, 0.717) is 0 Å². The van der Waals surface area contributed by atoms with Crippen molar-refractivity contribution in [2.75, 3.05) is 0 Å². The van der Waals surface area contributed by atoms with Gasteiger partial charge in [0.1, 0.15) is 5.60 Å². The molecule has 16 heavy (non-hydrogen) atoms. The van der Waals surface area contributed by atoms with Crippen molar-refractivity contribution < 1.29 is 14.0 Å². The molecule has 0 saturated carbocycles. The van der Waals surface area contributed by atoms with Crippen LogP contribution in [0.3, 0.4) is 0 Å². The number of halogens is 1. The quantitative estimate of drug-likeness (QED) is 0.723. The van der Waals surface area contributed by atoms with Gasteiger partial charge in [-0.1, -0.05) is 34.8 Å². The minimum Gasteiger partial charge on any atom is -0.442 e. The van der Waals surface area contributed by atoms with Crippen LogP contribution >= 0.6 is 0 Å². The Kier molecular flexibility index (Phi) is 3.88. The highest BCUT2D eigenvalue weighted by atomic mass is 19.2. The van der Waals surface area contributed by atoms with Crippen LogP contribution in [0, 0.1) is 0 Å². The SMILES string of the molecule is CC(C)(C)OC(=O)N(F)Cc1ccccc1. The number of carbonyl (C=O) groups is 1. The summed E-state index contributed by atoms with van der Waals surface area (Å²) in [6.07, 6.45) is -0.962. The summed E-state index contributed by atoms with van der Waals surface area (Å²) >= 11 is 0. The number of nitrogens with zero attached hydrogens (tertiary/aromatic N) is 1. The van der Waals surface area contributed by atoms with E-state index < -0.39 is 11.7 Å². The second kappa shape index (κ2) is 4.96. The van der Waals surface area contributed by atoms with Crippen molar-refractivity contribution in [2.45, 2.75) is 32.9 Å². The van der Waals surface area contributed by atoms with E-state index in [9.17, 15) is 9.28 Å². The molecule has 0 bridgehead atoms. The van der Waals surface area contributed by atoms with Crippen LogP contribution in [0.5, 0.6) is 0 Å². The van der Waals surface area contributed by atoms with Crippen LogP contribution in [-0.2, 0) is 11.3 Å². The maximum Gasteiger partial charge on any atom is 0.438 e. The summed E-state index contributed by atoms with van der Waals surface area (Å²) < 4.78 is 18.3. The fourth-order valence-corrected chi connectivity index (χ4v) is 1.12. The smallest absolute Gasteiger partial charge is 0.438 e. The van der Waals surface area contributed by atoms with Gasteiger partial charge in [0.2, 0.25) is 0 Å².